The predicted molar refractivity (Wildman–Crippen MR) is 163 cm³/mol. The lowest BCUT2D eigenvalue weighted by Gasteiger charge is -2.15. The zero-order valence-corrected chi connectivity index (χ0v) is 24.4. The number of benzene rings is 3. The van der Waals surface area contributed by atoms with Gasteiger partial charge in [-0.25, -0.2) is 0 Å². The molecule has 0 spiro atoms. The smallest absolute Gasteiger partial charge is 0.488 e. The zero-order chi connectivity index (χ0) is 30.5. The molecule has 3 aromatic carbocycles. The molecular weight excluding hydrogens is 571 g/mol. The molecular formula is C30H30BClN6O5. The van der Waals surface area contributed by atoms with E-state index in [1.54, 1.807) is 12.1 Å². The molecule has 43 heavy (non-hydrogen) atoms. The topological polar surface area (TPSA) is 151 Å². The van der Waals surface area contributed by atoms with E-state index in [0.29, 0.717) is 45.7 Å². The number of aliphatic imine (C=N–C) groups is 1. The van der Waals surface area contributed by atoms with E-state index in [4.69, 9.17) is 21.3 Å². The van der Waals surface area contributed by atoms with E-state index in [-0.39, 0.29) is 31.4 Å². The van der Waals surface area contributed by atoms with Crippen LogP contribution in [0.4, 0.5) is 0 Å². The molecule has 13 heteroatoms. The highest BCUT2D eigenvalue weighted by molar-refractivity contribution is 6.58. The summed E-state index contributed by atoms with van der Waals surface area (Å²) in [4.78, 5) is 30.2. The van der Waals surface area contributed by atoms with Gasteiger partial charge in [-0.15, -0.1) is 10.2 Å². The van der Waals surface area contributed by atoms with Crippen molar-refractivity contribution in [2.24, 2.45) is 4.99 Å². The SMILES string of the molecule is CCNC(=O)CC1N=C(c2ccc(Cl)cc2)c2cc(OCCNC(=O)c3ccc(B(O)O)cc3)ccc2-n2c(C)nnc21. The molecule has 0 bridgehead atoms. The van der Waals surface area contributed by atoms with Gasteiger partial charge in [0.25, 0.3) is 5.91 Å². The fraction of sp³-hybridized carbons (Fsp3) is 0.233. The molecule has 0 saturated carbocycles. The Kier molecular flexibility index (Phi) is 9.20. The summed E-state index contributed by atoms with van der Waals surface area (Å²) in [6.07, 6.45) is 0.101. The number of aryl methyl sites for hydroxylation is 1. The first-order chi connectivity index (χ1) is 20.7. The second kappa shape index (κ2) is 13.2. The average Bonchev–Trinajstić information content (AvgIpc) is 3.32. The first-order valence-corrected chi connectivity index (χ1v) is 14.2. The lowest BCUT2D eigenvalue weighted by atomic mass is 9.80. The predicted octanol–water partition coefficient (Wildman–Crippen LogP) is 2.14. The van der Waals surface area contributed by atoms with Crippen LogP contribution in [0.2, 0.25) is 5.02 Å². The largest absolute Gasteiger partial charge is 0.492 e. The Bertz CT molecular complexity index is 1660. The van der Waals surface area contributed by atoms with Gasteiger partial charge < -0.3 is 25.4 Å². The minimum atomic E-state index is -1.59. The number of halogens is 1. The Labute approximate surface area is 253 Å². The number of nitrogens with one attached hydrogen (secondary N) is 2. The molecule has 1 unspecified atom stereocenters. The standard InChI is InChI=1S/C30H30BClN6O5/c1-3-33-27(39)17-25-29-37-36-18(2)38(29)26-13-12-23(16-24(26)28(35-25)19-6-10-22(32)11-7-19)43-15-14-34-30(40)20-4-8-21(9-5-20)31(41)42/h4-13,16,25,41-42H,3,14-15,17H2,1-2H3,(H,33,39)(H,34,40). The van der Waals surface area contributed by atoms with Gasteiger partial charge in [0.05, 0.1) is 24.4 Å². The van der Waals surface area contributed by atoms with Crippen LogP contribution in [0.5, 0.6) is 5.75 Å². The maximum atomic E-state index is 12.7. The van der Waals surface area contributed by atoms with Crippen molar-refractivity contribution in [3.05, 3.63) is 100 Å². The minimum Gasteiger partial charge on any atom is -0.492 e. The third-order valence-electron chi connectivity index (χ3n) is 6.89. The Morgan fingerprint density at radius 1 is 1.02 bits per heavy atom. The van der Waals surface area contributed by atoms with Gasteiger partial charge in [-0.05, 0) is 61.8 Å². The Hall–Kier alpha value is -4.52. The van der Waals surface area contributed by atoms with E-state index in [0.717, 1.165) is 16.8 Å². The lowest BCUT2D eigenvalue weighted by molar-refractivity contribution is -0.121. The van der Waals surface area contributed by atoms with Gasteiger partial charge >= 0.3 is 7.12 Å². The van der Waals surface area contributed by atoms with Crippen LogP contribution in [-0.4, -0.2) is 69.2 Å². The minimum absolute atomic E-state index is 0.101. The number of amides is 2. The van der Waals surface area contributed by atoms with Crippen molar-refractivity contribution in [1.29, 1.82) is 0 Å². The summed E-state index contributed by atoms with van der Waals surface area (Å²) < 4.78 is 7.93. The monoisotopic (exact) mass is 600 g/mol. The van der Waals surface area contributed by atoms with E-state index in [2.05, 4.69) is 20.8 Å². The Morgan fingerprint density at radius 3 is 2.47 bits per heavy atom. The van der Waals surface area contributed by atoms with Crippen LogP contribution in [0.3, 0.4) is 0 Å². The number of rotatable bonds is 10. The number of hydrogen-bond donors (Lipinski definition) is 4. The third kappa shape index (κ3) is 6.77. The summed E-state index contributed by atoms with van der Waals surface area (Å²) in [6, 6.07) is 18.4. The number of ether oxygens (including phenoxy) is 1. The van der Waals surface area contributed by atoms with Crippen molar-refractivity contribution in [2.45, 2.75) is 26.3 Å². The van der Waals surface area contributed by atoms with E-state index in [1.165, 1.54) is 24.3 Å². The van der Waals surface area contributed by atoms with Crippen LogP contribution in [0.25, 0.3) is 5.69 Å². The van der Waals surface area contributed by atoms with Gasteiger partial charge in [0.1, 0.15) is 24.2 Å². The molecule has 0 fully saturated rings. The van der Waals surface area contributed by atoms with Crippen LogP contribution < -0.4 is 20.8 Å². The normalized spacial score (nSPS) is 13.7. The van der Waals surface area contributed by atoms with E-state index >= 15 is 0 Å². The summed E-state index contributed by atoms with van der Waals surface area (Å²) in [5, 5.41) is 33.4. The van der Waals surface area contributed by atoms with Crippen LogP contribution in [0, 0.1) is 6.92 Å². The number of hydrogen-bond acceptors (Lipinski definition) is 8. The second-order valence-electron chi connectivity index (χ2n) is 9.88. The highest BCUT2D eigenvalue weighted by Gasteiger charge is 2.30. The molecule has 2 heterocycles. The van der Waals surface area contributed by atoms with Crippen molar-refractivity contribution in [1.82, 2.24) is 25.4 Å². The molecule has 0 radical (unpaired) electrons. The van der Waals surface area contributed by atoms with Gasteiger partial charge in [-0.3, -0.25) is 19.1 Å². The highest BCUT2D eigenvalue weighted by atomic mass is 35.5. The van der Waals surface area contributed by atoms with Gasteiger partial charge in [-0.2, -0.15) is 0 Å². The van der Waals surface area contributed by atoms with Crippen molar-refractivity contribution >= 4 is 41.7 Å². The molecule has 5 rings (SSSR count). The maximum Gasteiger partial charge on any atom is 0.488 e. The molecule has 2 amide bonds. The first-order valence-electron chi connectivity index (χ1n) is 13.8. The molecule has 1 aromatic heterocycles. The van der Waals surface area contributed by atoms with Gasteiger partial charge in [0.15, 0.2) is 5.82 Å². The fourth-order valence-corrected chi connectivity index (χ4v) is 4.95. The molecule has 1 atom stereocenters. The van der Waals surface area contributed by atoms with E-state index < -0.39 is 13.2 Å². The molecule has 0 saturated heterocycles. The summed E-state index contributed by atoms with van der Waals surface area (Å²) in [5.41, 5.74) is 3.71. The summed E-state index contributed by atoms with van der Waals surface area (Å²) >= 11 is 6.18. The van der Waals surface area contributed by atoms with Crippen LogP contribution in [0.1, 0.15) is 52.5 Å². The highest BCUT2D eigenvalue weighted by Crippen LogP contribution is 2.34. The quantitative estimate of drug-likeness (QED) is 0.161. The summed E-state index contributed by atoms with van der Waals surface area (Å²) in [7, 11) is -1.59. The van der Waals surface area contributed by atoms with Crippen LogP contribution in [0.15, 0.2) is 71.7 Å². The van der Waals surface area contributed by atoms with Crippen molar-refractivity contribution < 1.29 is 24.4 Å². The van der Waals surface area contributed by atoms with Gasteiger partial charge in [0, 0.05) is 28.3 Å². The molecule has 220 valence electrons. The summed E-state index contributed by atoms with van der Waals surface area (Å²) in [6.45, 7) is 4.66. The second-order valence-corrected chi connectivity index (χ2v) is 10.3. The number of carbonyl (C=O) groups excluding carboxylic acids is 2. The molecule has 1 aliphatic rings. The molecule has 1 aliphatic heterocycles. The third-order valence-corrected chi connectivity index (χ3v) is 7.15. The van der Waals surface area contributed by atoms with Crippen molar-refractivity contribution in [3.63, 3.8) is 0 Å². The molecule has 11 nitrogen and oxygen atoms in total. The Balaban J connectivity index is 1.41. The van der Waals surface area contributed by atoms with Crippen molar-refractivity contribution in [3.8, 4) is 11.4 Å². The number of aromatic nitrogens is 3. The van der Waals surface area contributed by atoms with Crippen LogP contribution in [-0.2, 0) is 4.79 Å². The van der Waals surface area contributed by atoms with E-state index in [9.17, 15) is 19.6 Å². The molecule has 4 aromatic rings. The summed E-state index contributed by atoms with van der Waals surface area (Å²) in [5.74, 6) is 1.33. The number of nitrogens with zero attached hydrogens (tertiary/aromatic N) is 4. The number of carbonyl (C=O) groups is 2. The average molecular weight is 601 g/mol. The van der Waals surface area contributed by atoms with Crippen LogP contribution >= 0.6 is 11.6 Å². The number of fused-ring (bicyclic) bond motifs is 3. The van der Waals surface area contributed by atoms with Crippen molar-refractivity contribution in [2.75, 3.05) is 19.7 Å². The maximum absolute atomic E-state index is 12.7. The first kappa shape index (κ1) is 30.0. The lowest BCUT2D eigenvalue weighted by Crippen LogP contribution is -2.31. The fourth-order valence-electron chi connectivity index (χ4n) is 4.83. The van der Waals surface area contributed by atoms with Gasteiger partial charge in [0.2, 0.25) is 5.91 Å². The zero-order valence-electron chi connectivity index (χ0n) is 23.6. The molecule has 4 N–H and O–H groups in total. The van der Waals surface area contributed by atoms with Gasteiger partial charge in [-0.1, -0.05) is 35.9 Å². The molecule has 0 aliphatic carbocycles. The van der Waals surface area contributed by atoms with E-state index in [1.807, 2.05) is 48.7 Å². The Morgan fingerprint density at radius 2 is 1.77 bits per heavy atom.